The molecule has 0 aromatic carbocycles. The van der Waals surface area contributed by atoms with Gasteiger partial charge in [0.1, 0.15) is 0 Å². The number of unbranched alkanes of at least 4 members (excludes halogenated alkanes) is 3. The van der Waals surface area contributed by atoms with Crippen molar-refractivity contribution < 1.29 is 14.7 Å². The maximum absolute atomic E-state index is 11.6. The molecular weight excluding hydrogens is 260 g/mol. The first-order valence-corrected chi connectivity index (χ1v) is 6.76. The average molecular weight is 282 g/mol. The van der Waals surface area contributed by atoms with Crippen molar-refractivity contribution in [2.45, 2.75) is 39.0 Å². The van der Waals surface area contributed by atoms with Crippen molar-refractivity contribution in [3.8, 4) is 0 Å². The summed E-state index contributed by atoms with van der Waals surface area (Å²) < 4.78 is 1.65. The molecular formula is C13H22N4O3. The fourth-order valence-corrected chi connectivity index (χ4v) is 1.85. The molecule has 1 heterocycles. The van der Waals surface area contributed by atoms with Crippen molar-refractivity contribution in [1.29, 1.82) is 0 Å². The smallest absolute Gasteiger partial charge is 0.319 e. The van der Waals surface area contributed by atoms with Crippen LogP contribution in [0.4, 0.5) is 10.5 Å². The molecule has 3 N–H and O–H groups in total. The summed E-state index contributed by atoms with van der Waals surface area (Å²) >= 11 is 0. The molecule has 0 unspecified atom stereocenters. The lowest BCUT2D eigenvalue weighted by Gasteiger charge is -2.06. The van der Waals surface area contributed by atoms with Crippen LogP contribution in [0.15, 0.2) is 6.20 Å². The highest BCUT2D eigenvalue weighted by Crippen LogP contribution is 2.10. The van der Waals surface area contributed by atoms with E-state index in [0.29, 0.717) is 18.7 Å². The molecule has 0 fully saturated rings. The van der Waals surface area contributed by atoms with Crippen molar-refractivity contribution in [1.82, 2.24) is 15.1 Å². The number of aliphatic carboxylic acids is 1. The summed E-state index contributed by atoms with van der Waals surface area (Å²) in [6.45, 7) is 2.41. The Labute approximate surface area is 118 Å². The number of carbonyl (C=O) groups excluding carboxylic acids is 1. The minimum atomic E-state index is -0.755. The Morgan fingerprint density at radius 1 is 1.30 bits per heavy atom. The first-order valence-electron chi connectivity index (χ1n) is 6.76. The van der Waals surface area contributed by atoms with E-state index in [1.807, 2.05) is 6.92 Å². The maximum Gasteiger partial charge on any atom is 0.319 e. The minimum absolute atomic E-state index is 0.216. The van der Waals surface area contributed by atoms with Gasteiger partial charge in [0, 0.05) is 26.2 Å². The van der Waals surface area contributed by atoms with E-state index in [-0.39, 0.29) is 12.5 Å². The van der Waals surface area contributed by atoms with Crippen LogP contribution in [-0.2, 0) is 11.8 Å². The topological polar surface area (TPSA) is 96.3 Å². The number of rotatable bonds is 8. The van der Waals surface area contributed by atoms with Crippen LogP contribution in [-0.4, -0.2) is 33.4 Å². The summed E-state index contributed by atoms with van der Waals surface area (Å²) in [5, 5.41) is 18.1. The van der Waals surface area contributed by atoms with Gasteiger partial charge in [-0.15, -0.1) is 0 Å². The number of amides is 2. The van der Waals surface area contributed by atoms with E-state index in [0.717, 1.165) is 25.0 Å². The predicted octanol–water partition coefficient (Wildman–Crippen LogP) is 1.89. The van der Waals surface area contributed by atoms with Gasteiger partial charge in [0.15, 0.2) is 0 Å². The Kier molecular flexibility index (Phi) is 6.55. The summed E-state index contributed by atoms with van der Waals surface area (Å²) in [6, 6.07) is -0.244. The van der Waals surface area contributed by atoms with Crippen LogP contribution in [0.1, 0.15) is 37.8 Å². The molecule has 0 radical (unpaired) electrons. The highest BCUT2D eigenvalue weighted by atomic mass is 16.4. The maximum atomic E-state index is 11.6. The highest BCUT2D eigenvalue weighted by molar-refractivity contribution is 5.89. The third-order valence-electron chi connectivity index (χ3n) is 2.86. The molecule has 0 saturated carbocycles. The van der Waals surface area contributed by atoms with Crippen molar-refractivity contribution >= 4 is 17.7 Å². The summed E-state index contributed by atoms with van der Waals surface area (Å²) in [5.41, 5.74) is 1.47. The second-order valence-corrected chi connectivity index (χ2v) is 4.74. The monoisotopic (exact) mass is 282 g/mol. The van der Waals surface area contributed by atoms with E-state index < -0.39 is 5.97 Å². The zero-order valence-electron chi connectivity index (χ0n) is 12.0. The Hall–Kier alpha value is -2.05. The fourth-order valence-electron chi connectivity index (χ4n) is 1.85. The number of aryl methyl sites for hydroxylation is 2. The van der Waals surface area contributed by atoms with Gasteiger partial charge in [0.05, 0.1) is 11.4 Å². The zero-order chi connectivity index (χ0) is 15.0. The number of carboxylic acid groups (broad SMARTS) is 1. The minimum Gasteiger partial charge on any atom is -0.481 e. The average Bonchev–Trinajstić information content (AvgIpc) is 2.66. The molecule has 112 valence electrons. The van der Waals surface area contributed by atoms with Gasteiger partial charge in [-0.05, 0) is 19.8 Å². The van der Waals surface area contributed by atoms with Gasteiger partial charge in [-0.2, -0.15) is 5.10 Å². The fraction of sp³-hybridized carbons (Fsp3) is 0.615. The number of nitrogens with one attached hydrogen (secondary N) is 2. The molecule has 0 aliphatic rings. The van der Waals surface area contributed by atoms with Gasteiger partial charge in [-0.3, -0.25) is 9.48 Å². The number of anilines is 1. The largest absolute Gasteiger partial charge is 0.481 e. The van der Waals surface area contributed by atoms with Crippen molar-refractivity contribution in [2.75, 3.05) is 11.9 Å². The number of aromatic nitrogens is 2. The quantitative estimate of drug-likeness (QED) is 0.634. The standard InChI is InChI=1S/C13H22N4O3/c1-10-11(9-17(2)16-10)15-13(20)14-8-6-4-3-5-7-12(18)19/h9H,3-8H2,1-2H3,(H,18,19)(H2,14,15,20). The van der Waals surface area contributed by atoms with Gasteiger partial charge in [0.2, 0.25) is 0 Å². The van der Waals surface area contributed by atoms with E-state index in [1.165, 1.54) is 0 Å². The second kappa shape index (κ2) is 8.19. The van der Waals surface area contributed by atoms with Gasteiger partial charge in [-0.25, -0.2) is 4.79 Å². The van der Waals surface area contributed by atoms with E-state index in [4.69, 9.17) is 5.11 Å². The predicted molar refractivity (Wildman–Crippen MR) is 75.7 cm³/mol. The number of nitrogens with zero attached hydrogens (tertiary/aromatic N) is 2. The van der Waals surface area contributed by atoms with Crippen molar-refractivity contribution in [2.24, 2.45) is 7.05 Å². The summed E-state index contributed by atoms with van der Waals surface area (Å²) in [7, 11) is 1.80. The molecule has 1 rings (SSSR count). The molecule has 0 spiro atoms. The van der Waals surface area contributed by atoms with Crippen LogP contribution in [0.3, 0.4) is 0 Å². The SMILES string of the molecule is Cc1nn(C)cc1NC(=O)NCCCCCCC(=O)O. The summed E-state index contributed by atoms with van der Waals surface area (Å²) in [5.74, 6) is -0.755. The van der Waals surface area contributed by atoms with Crippen LogP contribution in [0.5, 0.6) is 0 Å². The van der Waals surface area contributed by atoms with Crippen molar-refractivity contribution in [3.63, 3.8) is 0 Å². The van der Waals surface area contributed by atoms with E-state index in [9.17, 15) is 9.59 Å². The number of carbonyl (C=O) groups is 2. The lowest BCUT2D eigenvalue weighted by atomic mass is 10.1. The van der Waals surface area contributed by atoms with Crippen LogP contribution >= 0.6 is 0 Å². The third kappa shape index (κ3) is 6.21. The van der Waals surface area contributed by atoms with Gasteiger partial charge >= 0.3 is 12.0 Å². The van der Waals surface area contributed by atoms with Gasteiger partial charge in [-0.1, -0.05) is 12.8 Å². The van der Waals surface area contributed by atoms with Crippen LogP contribution < -0.4 is 10.6 Å². The molecule has 2 amide bonds. The van der Waals surface area contributed by atoms with E-state index in [2.05, 4.69) is 15.7 Å². The number of hydrogen-bond donors (Lipinski definition) is 3. The summed E-state index contributed by atoms with van der Waals surface area (Å²) in [6.07, 6.45) is 5.29. The van der Waals surface area contributed by atoms with Crippen LogP contribution in [0, 0.1) is 6.92 Å². The van der Waals surface area contributed by atoms with Crippen molar-refractivity contribution in [3.05, 3.63) is 11.9 Å². The number of hydrogen-bond acceptors (Lipinski definition) is 3. The molecule has 0 atom stereocenters. The molecule has 0 bridgehead atoms. The molecule has 0 aliphatic carbocycles. The highest BCUT2D eigenvalue weighted by Gasteiger charge is 2.06. The Morgan fingerprint density at radius 2 is 2.00 bits per heavy atom. The molecule has 20 heavy (non-hydrogen) atoms. The molecule has 0 aliphatic heterocycles. The lowest BCUT2D eigenvalue weighted by Crippen LogP contribution is -2.29. The first kappa shape index (κ1) is 16.0. The van der Waals surface area contributed by atoms with E-state index >= 15 is 0 Å². The van der Waals surface area contributed by atoms with Crippen LogP contribution in [0.25, 0.3) is 0 Å². The molecule has 1 aromatic rings. The molecule has 7 heteroatoms. The van der Waals surface area contributed by atoms with Gasteiger partial charge in [0.25, 0.3) is 0 Å². The third-order valence-corrected chi connectivity index (χ3v) is 2.86. The Balaban J connectivity index is 2.09. The van der Waals surface area contributed by atoms with Crippen LogP contribution in [0.2, 0.25) is 0 Å². The lowest BCUT2D eigenvalue weighted by molar-refractivity contribution is -0.137. The molecule has 1 aromatic heterocycles. The molecule has 7 nitrogen and oxygen atoms in total. The Morgan fingerprint density at radius 3 is 2.60 bits per heavy atom. The normalized spacial score (nSPS) is 10.3. The summed E-state index contributed by atoms with van der Waals surface area (Å²) in [4.78, 5) is 21.9. The van der Waals surface area contributed by atoms with E-state index in [1.54, 1.807) is 17.9 Å². The van der Waals surface area contributed by atoms with Gasteiger partial charge < -0.3 is 15.7 Å². The Bertz CT molecular complexity index is 456. The second-order valence-electron chi connectivity index (χ2n) is 4.74. The first-order chi connectivity index (χ1) is 9.49. The zero-order valence-corrected chi connectivity index (χ0v) is 12.0. The number of carboxylic acids is 1. The molecule has 0 saturated heterocycles. The number of urea groups is 1.